The first-order chi connectivity index (χ1) is 14.3. The molecule has 2 aromatic carbocycles. The Labute approximate surface area is 180 Å². The minimum absolute atomic E-state index is 0.485. The third-order valence-corrected chi connectivity index (χ3v) is 5.04. The lowest BCUT2D eigenvalue weighted by Crippen LogP contribution is -2.18. The van der Waals surface area contributed by atoms with Crippen LogP contribution in [0.25, 0.3) is 0 Å². The number of aromatic nitrogens is 1. The van der Waals surface area contributed by atoms with Crippen molar-refractivity contribution in [2.24, 2.45) is 0 Å². The molecule has 0 saturated carbocycles. The lowest BCUT2D eigenvalue weighted by Gasteiger charge is -2.17. The number of nitrogens with zero attached hydrogens (tertiary/aromatic N) is 1. The van der Waals surface area contributed by atoms with E-state index in [1.54, 1.807) is 13.3 Å². The van der Waals surface area contributed by atoms with Crippen LogP contribution in [0.15, 0.2) is 71.3 Å². The normalized spacial score (nSPS) is 10.6. The zero-order valence-corrected chi connectivity index (χ0v) is 18.0. The van der Waals surface area contributed by atoms with E-state index in [4.69, 9.17) is 14.2 Å². The second-order valence-corrected chi connectivity index (χ2v) is 7.23. The molecule has 0 aliphatic heterocycles. The Morgan fingerprint density at radius 3 is 2.55 bits per heavy atom. The first kappa shape index (κ1) is 21.1. The smallest absolute Gasteiger partial charge is 0.213 e. The second kappa shape index (κ2) is 11.4. The highest BCUT2D eigenvalue weighted by Crippen LogP contribution is 2.36. The molecule has 29 heavy (non-hydrogen) atoms. The van der Waals surface area contributed by atoms with Crippen molar-refractivity contribution in [3.8, 4) is 17.4 Å². The van der Waals surface area contributed by atoms with E-state index in [0.717, 1.165) is 40.1 Å². The molecule has 152 valence electrons. The topological polar surface area (TPSA) is 52.6 Å². The summed E-state index contributed by atoms with van der Waals surface area (Å²) in [6.07, 6.45) is 2.60. The summed E-state index contributed by atoms with van der Waals surface area (Å²) in [5, 5.41) is 3.45. The van der Waals surface area contributed by atoms with E-state index in [9.17, 15) is 0 Å². The van der Waals surface area contributed by atoms with Crippen LogP contribution in [-0.4, -0.2) is 25.2 Å². The molecule has 0 atom stereocenters. The molecule has 0 spiro atoms. The van der Waals surface area contributed by atoms with Crippen LogP contribution in [0.1, 0.15) is 17.5 Å². The summed E-state index contributed by atoms with van der Waals surface area (Å²) in [7, 11) is 1.66. The van der Waals surface area contributed by atoms with Crippen molar-refractivity contribution in [3.63, 3.8) is 0 Å². The first-order valence-corrected chi connectivity index (χ1v) is 10.3. The van der Waals surface area contributed by atoms with Gasteiger partial charge in [0.1, 0.15) is 6.61 Å². The minimum atomic E-state index is 0.485. The molecule has 0 saturated heterocycles. The van der Waals surface area contributed by atoms with E-state index in [-0.39, 0.29) is 0 Å². The van der Waals surface area contributed by atoms with Gasteiger partial charge in [-0.05, 0) is 36.7 Å². The highest BCUT2D eigenvalue weighted by atomic mass is 79.9. The Morgan fingerprint density at radius 1 is 0.966 bits per heavy atom. The van der Waals surface area contributed by atoms with Crippen LogP contribution in [0.3, 0.4) is 0 Å². The number of hydrogen-bond acceptors (Lipinski definition) is 5. The molecular formula is C23H25BrN2O3. The van der Waals surface area contributed by atoms with Crippen molar-refractivity contribution in [3.05, 3.63) is 82.5 Å². The fourth-order valence-electron chi connectivity index (χ4n) is 2.82. The lowest BCUT2D eigenvalue weighted by atomic mass is 10.1. The molecule has 1 aromatic heterocycles. The van der Waals surface area contributed by atoms with E-state index in [0.29, 0.717) is 25.6 Å². The molecule has 0 bridgehead atoms. The molecule has 3 rings (SSSR count). The van der Waals surface area contributed by atoms with Gasteiger partial charge in [0, 0.05) is 28.8 Å². The summed E-state index contributed by atoms with van der Waals surface area (Å²) in [5.74, 6) is 2.13. The summed E-state index contributed by atoms with van der Waals surface area (Å²) < 4.78 is 18.3. The fraction of sp³-hybridized carbons (Fsp3) is 0.261. The van der Waals surface area contributed by atoms with Gasteiger partial charge in [-0.2, -0.15) is 0 Å². The number of nitrogens with one attached hydrogen (secondary N) is 1. The number of methoxy groups -OCH3 is 1. The Balaban J connectivity index is 1.54. The monoisotopic (exact) mass is 456 g/mol. The zero-order valence-electron chi connectivity index (χ0n) is 16.4. The van der Waals surface area contributed by atoms with Crippen molar-refractivity contribution in [2.75, 3.05) is 20.3 Å². The zero-order chi connectivity index (χ0) is 20.3. The summed E-state index contributed by atoms with van der Waals surface area (Å²) in [4.78, 5) is 4.15. The molecule has 0 unspecified atom stereocenters. The van der Waals surface area contributed by atoms with Crippen LogP contribution in [0.5, 0.6) is 17.4 Å². The summed E-state index contributed by atoms with van der Waals surface area (Å²) in [5.41, 5.74) is 2.14. The Bertz CT molecular complexity index is 876. The highest BCUT2D eigenvalue weighted by Gasteiger charge is 2.14. The number of halogens is 1. The van der Waals surface area contributed by atoms with Gasteiger partial charge in [-0.1, -0.05) is 52.3 Å². The number of rotatable bonds is 11. The van der Waals surface area contributed by atoms with Gasteiger partial charge < -0.3 is 19.5 Å². The lowest BCUT2D eigenvalue weighted by molar-refractivity contribution is 0.279. The molecule has 6 heteroatoms. The number of ether oxygens (including phenoxy) is 3. The van der Waals surface area contributed by atoms with Gasteiger partial charge in [0.05, 0.1) is 13.7 Å². The minimum Gasteiger partial charge on any atom is -0.493 e. The molecule has 0 aliphatic carbocycles. The van der Waals surface area contributed by atoms with Gasteiger partial charge in [-0.15, -0.1) is 0 Å². The molecule has 5 nitrogen and oxygen atoms in total. The van der Waals surface area contributed by atoms with Crippen LogP contribution < -0.4 is 19.5 Å². The maximum atomic E-state index is 6.13. The molecule has 1 heterocycles. The Hall–Kier alpha value is -2.57. The molecule has 0 radical (unpaired) electrons. The van der Waals surface area contributed by atoms with Gasteiger partial charge in [0.25, 0.3) is 0 Å². The average molecular weight is 457 g/mol. The van der Waals surface area contributed by atoms with E-state index >= 15 is 0 Å². The predicted molar refractivity (Wildman–Crippen MR) is 118 cm³/mol. The van der Waals surface area contributed by atoms with E-state index in [1.165, 1.54) is 0 Å². The second-order valence-electron chi connectivity index (χ2n) is 6.38. The Kier molecular flexibility index (Phi) is 8.34. The van der Waals surface area contributed by atoms with E-state index < -0.39 is 0 Å². The van der Waals surface area contributed by atoms with E-state index in [2.05, 4.69) is 26.2 Å². The molecule has 0 aliphatic rings. The molecular weight excluding hydrogens is 432 g/mol. The summed E-state index contributed by atoms with van der Waals surface area (Å²) >= 11 is 3.64. The van der Waals surface area contributed by atoms with Crippen LogP contribution in [0.2, 0.25) is 0 Å². The standard InChI is InChI=1S/C23H25BrN2O3/c1-27-21-12-11-20(24)19(23(21)29-17-18-8-3-2-4-9-18)16-25-13-7-15-28-22-10-5-6-14-26-22/h2-6,8-12,14,25H,7,13,15-17H2,1H3. The SMILES string of the molecule is COc1ccc(Br)c(CNCCCOc2ccccn2)c1OCc1ccccc1. The number of pyridine rings is 1. The van der Waals surface area contributed by atoms with Gasteiger partial charge in [-0.25, -0.2) is 4.98 Å². The average Bonchev–Trinajstić information content (AvgIpc) is 2.77. The van der Waals surface area contributed by atoms with Gasteiger partial charge >= 0.3 is 0 Å². The molecule has 1 N–H and O–H groups in total. The number of hydrogen-bond donors (Lipinski definition) is 1. The first-order valence-electron chi connectivity index (χ1n) is 9.54. The quantitative estimate of drug-likeness (QED) is 0.411. The Morgan fingerprint density at radius 2 is 1.79 bits per heavy atom. The van der Waals surface area contributed by atoms with Crippen LogP contribution >= 0.6 is 15.9 Å². The summed E-state index contributed by atoms with van der Waals surface area (Å²) in [6, 6.07) is 19.6. The van der Waals surface area contributed by atoms with Gasteiger partial charge in [0.2, 0.25) is 5.88 Å². The van der Waals surface area contributed by atoms with Crippen molar-refractivity contribution in [2.45, 2.75) is 19.6 Å². The van der Waals surface area contributed by atoms with Crippen LogP contribution in [0.4, 0.5) is 0 Å². The van der Waals surface area contributed by atoms with Crippen molar-refractivity contribution in [1.82, 2.24) is 10.3 Å². The van der Waals surface area contributed by atoms with Crippen LogP contribution in [0, 0.1) is 0 Å². The van der Waals surface area contributed by atoms with Crippen molar-refractivity contribution in [1.29, 1.82) is 0 Å². The highest BCUT2D eigenvalue weighted by molar-refractivity contribution is 9.10. The number of benzene rings is 2. The van der Waals surface area contributed by atoms with Crippen LogP contribution in [-0.2, 0) is 13.2 Å². The van der Waals surface area contributed by atoms with Gasteiger partial charge in [0.15, 0.2) is 11.5 Å². The van der Waals surface area contributed by atoms with E-state index in [1.807, 2.05) is 60.7 Å². The maximum absolute atomic E-state index is 6.13. The fourth-order valence-corrected chi connectivity index (χ4v) is 3.27. The predicted octanol–water partition coefficient (Wildman–Crippen LogP) is 4.99. The third kappa shape index (κ3) is 6.48. The van der Waals surface area contributed by atoms with Crippen molar-refractivity contribution >= 4 is 15.9 Å². The maximum Gasteiger partial charge on any atom is 0.213 e. The summed E-state index contributed by atoms with van der Waals surface area (Å²) in [6.45, 7) is 2.57. The molecule has 3 aromatic rings. The largest absolute Gasteiger partial charge is 0.493 e. The molecule has 0 fully saturated rings. The molecule has 0 amide bonds. The van der Waals surface area contributed by atoms with Gasteiger partial charge in [-0.3, -0.25) is 0 Å². The third-order valence-electron chi connectivity index (χ3n) is 4.30. The van der Waals surface area contributed by atoms with Crippen molar-refractivity contribution < 1.29 is 14.2 Å².